The fraction of sp³-hybridized carbons (Fsp3) is 0.562. The lowest BCUT2D eigenvalue weighted by Gasteiger charge is -2.21. The zero-order chi connectivity index (χ0) is 16.8. The summed E-state index contributed by atoms with van der Waals surface area (Å²) in [6.45, 7) is 8.69. The molecule has 6 heteroatoms. The molecule has 0 aliphatic heterocycles. The van der Waals surface area contributed by atoms with Crippen molar-refractivity contribution in [2.75, 3.05) is 19.3 Å². The molecule has 0 amide bonds. The van der Waals surface area contributed by atoms with E-state index in [1.165, 1.54) is 5.56 Å². The van der Waals surface area contributed by atoms with Gasteiger partial charge in [0.05, 0.1) is 6.04 Å². The van der Waals surface area contributed by atoms with Gasteiger partial charge in [0.1, 0.15) is 0 Å². The van der Waals surface area contributed by atoms with Gasteiger partial charge in [-0.25, -0.2) is 0 Å². The number of nitrogens with one attached hydrogen (secondary N) is 2. The summed E-state index contributed by atoms with van der Waals surface area (Å²) in [6, 6.07) is 8.23. The lowest BCUT2D eigenvalue weighted by atomic mass is 10.1. The highest BCUT2D eigenvalue weighted by Crippen LogP contribution is 2.22. The molecule has 1 rings (SSSR count). The van der Waals surface area contributed by atoms with Gasteiger partial charge in [0.25, 0.3) is 0 Å². The Morgan fingerprint density at radius 1 is 1.36 bits per heavy atom. The summed E-state index contributed by atoms with van der Waals surface area (Å²) in [5.74, 6) is 1.32. The van der Waals surface area contributed by atoms with Crippen LogP contribution in [0, 0.1) is 0 Å². The zero-order valence-corrected chi connectivity index (χ0v) is 16.3. The Hall–Kier alpha value is -0.880. The average molecular weight is 388 g/mol. The molecule has 124 valence electrons. The number of hydrogen-bond acceptors (Lipinski definition) is 2. The van der Waals surface area contributed by atoms with Gasteiger partial charge in [0.15, 0.2) is 5.96 Å². The van der Waals surface area contributed by atoms with Crippen LogP contribution >= 0.6 is 15.9 Å². The molecule has 2 N–H and O–H groups in total. The number of benzene rings is 1. The predicted octanol–water partition coefficient (Wildman–Crippen LogP) is 3.22. The summed E-state index contributed by atoms with van der Waals surface area (Å²) >= 11 is 3.56. The summed E-state index contributed by atoms with van der Waals surface area (Å²) in [4.78, 5) is 4.22. The largest absolute Gasteiger partial charge is 0.355 e. The predicted molar refractivity (Wildman–Crippen MR) is 99.8 cm³/mol. The molecule has 0 fully saturated rings. The lowest BCUT2D eigenvalue weighted by Crippen LogP contribution is -2.41. The first-order chi connectivity index (χ1) is 10.3. The summed E-state index contributed by atoms with van der Waals surface area (Å²) in [6.07, 6.45) is 0. The van der Waals surface area contributed by atoms with Crippen LogP contribution in [0.1, 0.15) is 39.3 Å². The van der Waals surface area contributed by atoms with E-state index < -0.39 is 10.8 Å². The highest BCUT2D eigenvalue weighted by Gasteiger charge is 2.19. The van der Waals surface area contributed by atoms with Crippen LogP contribution in [0.4, 0.5) is 0 Å². The van der Waals surface area contributed by atoms with Crippen molar-refractivity contribution in [2.24, 2.45) is 4.99 Å². The highest BCUT2D eigenvalue weighted by atomic mass is 79.9. The van der Waals surface area contributed by atoms with Gasteiger partial charge in [0, 0.05) is 39.4 Å². The number of guanidine groups is 1. The second-order valence-electron chi connectivity index (χ2n) is 6.05. The SMILES string of the molecule is CN=C(NCCS(=O)C(C)(C)C)NC(C)c1ccccc1Br. The van der Waals surface area contributed by atoms with Gasteiger partial charge in [-0.15, -0.1) is 0 Å². The molecule has 0 aliphatic rings. The zero-order valence-electron chi connectivity index (χ0n) is 13.9. The minimum atomic E-state index is -0.861. The standard InChI is InChI=1S/C16H26BrN3OS/c1-12(13-8-6-7-9-14(13)17)20-15(18-5)19-10-11-22(21)16(2,3)4/h6-9,12H,10-11H2,1-5H3,(H2,18,19,20). The van der Waals surface area contributed by atoms with Gasteiger partial charge >= 0.3 is 0 Å². The minimum Gasteiger partial charge on any atom is -0.355 e. The fourth-order valence-electron chi connectivity index (χ4n) is 1.87. The van der Waals surface area contributed by atoms with Crippen LogP contribution in [0.15, 0.2) is 33.7 Å². The second kappa shape index (κ2) is 8.67. The van der Waals surface area contributed by atoms with E-state index in [1.807, 2.05) is 39.0 Å². The van der Waals surface area contributed by atoms with Gasteiger partial charge in [-0.1, -0.05) is 34.1 Å². The topological polar surface area (TPSA) is 53.5 Å². The molecule has 4 nitrogen and oxygen atoms in total. The van der Waals surface area contributed by atoms with E-state index in [0.29, 0.717) is 18.3 Å². The molecule has 0 bridgehead atoms. The second-order valence-corrected chi connectivity index (χ2v) is 9.23. The number of rotatable bonds is 5. The molecule has 1 aromatic rings. The summed E-state index contributed by atoms with van der Waals surface area (Å²) in [7, 11) is 0.878. The number of aliphatic imine (C=N–C) groups is 1. The molecule has 0 heterocycles. The third-order valence-corrected chi connectivity index (χ3v) is 5.87. The van der Waals surface area contributed by atoms with Crippen molar-refractivity contribution in [3.05, 3.63) is 34.3 Å². The maximum Gasteiger partial charge on any atom is 0.191 e. The lowest BCUT2D eigenvalue weighted by molar-refractivity contribution is 0.645. The smallest absolute Gasteiger partial charge is 0.191 e. The molecule has 0 aromatic heterocycles. The van der Waals surface area contributed by atoms with Crippen molar-refractivity contribution in [2.45, 2.75) is 38.5 Å². The molecule has 1 aromatic carbocycles. The van der Waals surface area contributed by atoms with Crippen molar-refractivity contribution in [1.82, 2.24) is 10.6 Å². The van der Waals surface area contributed by atoms with Gasteiger partial charge in [-0.2, -0.15) is 0 Å². The summed E-state index contributed by atoms with van der Waals surface area (Å²) in [5.41, 5.74) is 1.17. The summed E-state index contributed by atoms with van der Waals surface area (Å²) in [5, 5.41) is 6.57. The molecule has 2 atom stereocenters. The molecule has 0 saturated carbocycles. The quantitative estimate of drug-likeness (QED) is 0.602. The number of hydrogen-bond donors (Lipinski definition) is 2. The van der Waals surface area contributed by atoms with Crippen LogP contribution in [-0.4, -0.2) is 34.3 Å². The van der Waals surface area contributed by atoms with Crippen LogP contribution in [-0.2, 0) is 10.8 Å². The average Bonchev–Trinajstić information content (AvgIpc) is 2.45. The first kappa shape index (κ1) is 19.2. The van der Waals surface area contributed by atoms with Crippen molar-refractivity contribution >= 4 is 32.7 Å². The first-order valence-corrected chi connectivity index (χ1v) is 9.47. The maximum absolute atomic E-state index is 12.0. The van der Waals surface area contributed by atoms with E-state index in [4.69, 9.17) is 0 Å². The van der Waals surface area contributed by atoms with E-state index >= 15 is 0 Å². The third-order valence-electron chi connectivity index (χ3n) is 3.21. The highest BCUT2D eigenvalue weighted by molar-refractivity contribution is 9.10. The fourth-order valence-corrected chi connectivity index (χ4v) is 3.40. The molecular weight excluding hydrogens is 362 g/mol. The van der Waals surface area contributed by atoms with Crippen molar-refractivity contribution in [3.63, 3.8) is 0 Å². The van der Waals surface area contributed by atoms with E-state index in [0.717, 1.165) is 4.47 Å². The van der Waals surface area contributed by atoms with Crippen molar-refractivity contribution < 1.29 is 4.21 Å². The molecule has 0 aliphatic carbocycles. The van der Waals surface area contributed by atoms with Gasteiger partial charge < -0.3 is 10.6 Å². The van der Waals surface area contributed by atoms with Crippen LogP contribution in [0.3, 0.4) is 0 Å². The van der Waals surface area contributed by atoms with Gasteiger partial charge in [-0.3, -0.25) is 9.20 Å². The van der Waals surface area contributed by atoms with Gasteiger partial charge in [0.2, 0.25) is 0 Å². The third kappa shape index (κ3) is 6.08. The Balaban J connectivity index is 2.53. The van der Waals surface area contributed by atoms with Crippen LogP contribution < -0.4 is 10.6 Å². The Bertz CT molecular complexity index is 540. The Morgan fingerprint density at radius 2 is 2.00 bits per heavy atom. The van der Waals surface area contributed by atoms with E-state index in [2.05, 4.69) is 44.5 Å². The first-order valence-electron chi connectivity index (χ1n) is 7.35. The van der Waals surface area contributed by atoms with E-state index in [9.17, 15) is 4.21 Å². The monoisotopic (exact) mass is 387 g/mol. The van der Waals surface area contributed by atoms with Crippen molar-refractivity contribution in [1.29, 1.82) is 0 Å². The molecule has 0 radical (unpaired) electrons. The van der Waals surface area contributed by atoms with Crippen LogP contribution in [0.2, 0.25) is 0 Å². The maximum atomic E-state index is 12.0. The minimum absolute atomic E-state index is 0.120. The Labute approximate surface area is 144 Å². The van der Waals surface area contributed by atoms with E-state index in [-0.39, 0.29) is 10.8 Å². The van der Waals surface area contributed by atoms with Crippen LogP contribution in [0.25, 0.3) is 0 Å². The van der Waals surface area contributed by atoms with Crippen molar-refractivity contribution in [3.8, 4) is 0 Å². The molecule has 2 unspecified atom stereocenters. The molecule has 0 spiro atoms. The van der Waals surface area contributed by atoms with E-state index in [1.54, 1.807) is 7.05 Å². The molecule has 22 heavy (non-hydrogen) atoms. The molecule has 0 saturated heterocycles. The number of halogens is 1. The molecular formula is C16H26BrN3OS. The Morgan fingerprint density at radius 3 is 2.55 bits per heavy atom. The Kier molecular flexibility index (Phi) is 7.56. The summed E-state index contributed by atoms with van der Waals surface area (Å²) < 4.78 is 12.9. The van der Waals surface area contributed by atoms with Crippen LogP contribution in [0.5, 0.6) is 0 Å². The number of nitrogens with zero attached hydrogens (tertiary/aromatic N) is 1. The van der Waals surface area contributed by atoms with Gasteiger partial charge in [-0.05, 0) is 39.3 Å². The normalized spacial score (nSPS) is 15.3.